The molecule has 0 spiro atoms. The lowest BCUT2D eigenvalue weighted by Gasteiger charge is -2.14. The van der Waals surface area contributed by atoms with Crippen LogP contribution in [0, 0.1) is 6.92 Å². The lowest BCUT2D eigenvalue weighted by Crippen LogP contribution is -2.11. The summed E-state index contributed by atoms with van der Waals surface area (Å²) in [4.78, 5) is 12.8. The van der Waals surface area contributed by atoms with Crippen LogP contribution in [0.1, 0.15) is 46.5 Å². The molecule has 0 saturated heterocycles. The third kappa shape index (κ3) is 3.82. The molecule has 2 aromatic rings. The van der Waals surface area contributed by atoms with Gasteiger partial charge in [0.25, 0.3) is 10.1 Å². The Balaban J connectivity index is 2.24. The zero-order valence-electron chi connectivity index (χ0n) is 12.7. The lowest BCUT2D eigenvalue weighted by atomic mass is 10.2. The van der Waals surface area contributed by atoms with Gasteiger partial charge in [-0.3, -0.25) is 8.98 Å². The lowest BCUT2D eigenvalue weighted by molar-refractivity contribution is 0.102. The second kappa shape index (κ2) is 6.73. The van der Waals surface area contributed by atoms with Crippen LogP contribution in [-0.4, -0.2) is 14.2 Å². The van der Waals surface area contributed by atoms with Crippen molar-refractivity contribution < 1.29 is 17.4 Å². The molecule has 22 heavy (non-hydrogen) atoms. The average Bonchev–Trinajstić information content (AvgIpc) is 2.95. The number of hydrogen-bond acceptors (Lipinski definition) is 5. The third-order valence-corrected chi connectivity index (χ3v) is 5.83. The summed E-state index contributed by atoms with van der Waals surface area (Å²) >= 11 is 1.27. The topological polar surface area (TPSA) is 60.4 Å². The Hall–Kier alpha value is -1.50. The number of benzene rings is 1. The minimum atomic E-state index is -3.83. The molecule has 4 nitrogen and oxygen atoms in total. The van der Waals surface area contributed by atoms with E-state index in [1.165, 1.54) is 30.4 Å². The maximum absolute atomic E-state index is 12.3. The van der Waals surface area contributed by atoms with Crippen molar-refractivity contribution >= 4 is 27.2 Å². The van der Waals surface area contributed by atoms with Crippen LogP contribution in [-0.2, 0) is 14.3 Å². The van der Waals surface area contributed by atoms with Gasteiger partial charge in [-0.25, -0.2) is 0 Å². The average molecular weight is 338 g/mol. The molecule has 118 valence electrons. The predicted molar refractivity (Wildman–Crippen MR) is 86.8 cm³/mol. The Bertz CT molecular complexity index is 758. The number of carbonyl (C=O) groups is 1. The molecule has 0 fully saturated rings. The molecule has 2 rings (SSSR count). The van der Waals surface area contributed by atoms with Crippen LogP contribution in [0.4, 0.5) is 0 Å². The molecular formula is C16H18O4S2. The van der Waals surface area contributed by atoms with Gasteiger partial charge in [-0.2, -0.15) is 8.42 Å². The number of Topliss-reactive ketones (excluding diaryl/α,β-unsaturated/α-hetero) is 1. The minimum absolute atomic E-state index is 0.0347. The fraction of sp³-hybridized carbons (Fsp3) is 0.312. The van der Waals surface area contributed by atoms with E-state index in [1.807, 2.05) is 13.8 Å². The number of ketones is 1. The molecule has 1 unspecified atom stereocenters. The molecule has 0 aliphatic heterocycles. The number of hydrogen-bond donors (Lipinski definition) is 0. The highest BCUT2D eigenvalue weighted by atomic mass is 32.2. The molecule has 0 N–H and O–H groups in total. The summed E-state index contributed by atoms with van der Waals surface area (Å²) in [5.74, 6) is -0.0347. The van der Waals surface area contributed by atoms with Gasteiger partial charge < -0.3 is 0 Å². The maximum atomic E-state index is 12.3. The Labute approximate surface area is 134 Å². The fourth-order valence-corrected chi connectivity index (χ4v) is 4.15. The van der Waals surface area contributed by atoms with Gasteiger partial charge >= 0.3 is 0 Å². The largest absolute Gasteiger partial charge is 0.297 e. The van der Waals surface area contributed by atoms with Crippen LogP contribution in [0.2, 0.25) is 0 Å². The van der Waals surface area contributed by atoms with Gasteiger partial charge in [0.1, 0.15) is 6.10 Å². The highest BCUT2D eigenvalue weighted by Crippen LogP contribution is 2.31. The van der Waals surface area contributed by atoms with Gasteiger partial charge in [0.2, 0.25) is 0 Å². The van der Waals surface area contributed by atoms with Gasteiger partial charge in [-0.05, 0) is 44.5 Å². The van der Waals surface area contributed by atoms with E-state index in [9.17, 15) is 13.2 Å². The molecule has 0 bridgehead atoms. The summed E-state index contributed by atoms with van der Waals surface area (Å²) in [6, 6.07) is 9.99. The Kier molecular flexibility index (Phi) is 5.16. The first-order valence-electron chi connectivity index (χ1n) is 6.94. The second-order valence-electron chi connectivity index (χ2n) is 5.02. The first-order chi connectivity index (χ1) is 10.3. The second-order valence-corrected chi connectivity index (χ2v) is 7.71. The molecule has 0 saturated carbocycles. The first kappa shape index (κ1) is 16.9. The zero-order chi connectivity index (χ0) is 16.3. The van der Waals surface area contributed by atoms with Crippen molar-refractivity contribution in [3.63, 3.8) is 0 Å². The van der Waals surface area contributed by atoms with Crippen LogP contribution < -0.4 is 0 Å². The number of carbonyl (C=O) groups excluding carboxylic acids is 1. The fourth-order valence-electron chi connectivity index (χ4n) is 1.95. The van der Waals surface area contributed by atoms with Crippen molar-refractivity contribution in [1.82, 2.24) is 0 Å². The van der Waals surface area contributed by atoms with Crippen LogP contribution in [0.5, 0.6) is 0 Å². The van der Waals surface area contributed by atoms with Gasteiger partial charge in [-0.1, -0.05) is 24.6 Å². The summed E-state index contributed by atoms with van der Waals surface area (Å²) in [5.41, 5.74) is 0.982. The first-order valence-corrected chi connectivity index (χ1v) is 9.16. The molecule has 0 radical (unpaired) electrons. The zero-order valence-corrected chi connectivity index (χ0v) is 14.3. The molecule has 1 heterocycles. The van der Waals surface area contributed by atoms with E-state index in [0.29, 0.717) is 11.3 Å². The van der Waals surface area contributed by atoms with E-state index in [-0.39, 0.29) is 10.7 Å². The molecule has 0 amide bonds. The summed E-state index contributed by atoms with van der Waals surface area (Å²) in [5, 5.41) is 0. The summed E-state index contributed by atoms with van der Waals surface area (Å²) in [6.07, 6.45) is -0.0763. The molecule has 0 aliphatic rings. The van der Waals surface area contributed by atoms with Crippen LogP contribution in [0.3, 0.4) is 0 Å². The normalized spacial score (nSPS) is 13.0. The van der Waals surface area contributed by atoms with E-state index < -0.39 is 16.2 Å². The number of thiophene rings is 1. The highest BCUT2D eigenvalue weighted by Gasteiger charge is 2.23. The van der Waals surface area contributed by atoms with E-state index in [1.54, 1.807) is 24.3 Å². The van der Waals surface area contributed by atoms with Gasteiger partial charge in [0.05, 0.1) is 9.77 Å². The van der Waals surface area contributed by atoms with E-state index in [2.05, 4.69) is 0 Å². The Morgan fingerprint density at radius 1 is 1.18 bits per heavy atom. The van der Waals surface area contributed by atoms with Crippen molar-refractivity contribution in [1.29, 1.82) is 0 Å². The summed E-state index contributed by atoms with van der Waals surface area (Å²) in [6.45, 7) is 5.23. The van der Waals surface area contributed by atoms with Crippen molar-refractivity contribution in [3.8, 4) is 0 Å². The monoisotopic (exact) mass is 338 g/mol. The Morgan fingerprint density at radius 2 is 1.82 bits per heavy atom. The standard InChI is InChI=1S/C16H18O4S2/c1-4-14(16-10-9-15(21-16)12(3)17)20-22(18,19)13-7-5-11(2)6-8-13/h5-10,14H,4H2,1-3H3. The van der Waals surface area contributed by atoms with Gasteiger partial charge in [-0.15, -0.1) is 11.3 Å². The molecule has 1 aromatic carbocycles. The highest BCUT2D eigenvalue weighted by molar-refractivity contribution is 7.86. The van der Waals surface area contributed by atoms with Crippen molar-refractivity contribution in [2.24, 2.45) is 0 Å². The van der Waals surface area contributed by atoms with E-state index in [4.69, 9.17) is 4.18 Å². The summed E-state index contributed by atoms with van der Waals surface area (Å²) in [7, 11) is -3.83. The van der Waals surface area contributed by atoms with Crippen LogP contribution in [0.25, 0.3) is 0 Å². The number of aryl methyl sites for hydroxylation is 1. The molecule has 0 aliphatic carbocycles. The van der Waals surface area contributed by atoms with Crippen molar-refractivity contribution in [2.45, 2.75) is 38.2 Å². The van der Waals surface area contributed by atoms with Gasteiger partial charge in [0.15, 0.2) is 5.78 Å². The molecule has 6 heteroatoms. The molecule has 1 atom stereocenters. The molecular weight excluding hydrogens is 320 g/mol. The Morgan fingerprint density at radius 3 is 2.32 bits per heavy atom. The smallest absolute Gasteiger partial charge is 0.294 e. The predicted octanol–water partition coefficient (Wildman–Crippen LogP) is 4.12. The van der Waals surface area contributed by atoms with E-state index in [0.717, 1.165) is 10.4 Å². The summed E-state index contributed by atoms with van der Waals surface area (Å²) < 4.78 is 30.0. The van der Waals surface area contributed by atoms with E-state index >= 15 is 0 Å². The molecule has 1 aromatic heterocycles. The van der Waals surface area contributed by atoms with Crippen molar-refractivity contribution in [3.05, 3.63) is 51.7 Å². The quantitative estimate of drug-likeness (QED) is 0.587. The SMILES string of the molecule is CCC(OS(=O)(=O)c1ccc(C)cc1)c1ccc(C(C)=O)s1. The minimum Gasteiger partial charge on any atom is -0.294 e. The van der Waals surface area contributed by atoms with Crippen LogP contribution in [0.15, 0.2) is 41.3 Å². The number of rotatable bonds is 6. The maximum Gasteiger partial charge on any atom is 0.297 e. The van der Waals surface area contributed by atoms with Crippen molar-refractivity contribution in [2.75, 3.05) is 0 Å². The third-order valence-electron chi connectivity index (χ3n) is 3.21. The van der Waals surface area contributed by atoms with Crippen LogP contribution >= 0.6 is 11.3 Å². The van der Waals surface area contributed by atoms with Gasteiger partial charge in [0, 0.05) is 4.88 Å².